The number of aromatic nitrogens is 2. The highest BCUT2D eigenvalue weighted by Gasteiger charge is 2.27. The average Bonchev–Trinajstić information content (AvgIpc) is 2.71. The van der Waals surface area contributed by atoms with Crippen LogP contribution in [-0.4, -0.2) is 32.6 Å². The summed E-state index contributed by atoms with van der Waals surface area (Å²) in [7, 11) is 0. The number of hydrogen-bond donors (Lipinski definition) is 2. The fourth-order valence-electron chi connectivity index (χ4n) is 3.65. The third-order valence-electron chi connectivity index (χ3n) is 5.10. The molecule has 2 aromatic carbocycles. The van der Waals surface area contributed by atoms with Crippen LogP contribution in [0.25, 0.3) is 11.3 Å². The molecule has 29 heavy (non-hydrogen) atoms. The lowest BCUT2D eigenvalue weighted by molar-refractivity contribution is 0.0982. The number of nitrogens with zero attached hydrogens (tertiary/aromatic N) is 3. The number of halogens is 1. The smallest absolute Gasteiger partial charge is 0.262 e. The Hall–Kier alpha value is -3.48. The largest absolute Gasteiger partial charge is 0.507 e. The monoisotopic (exact) mass is 393 g/mol. The standard InChI is InChI=1S/C22H20FN3O3/c1-12-11-24-13(2)25-21(12)15-5-6-18-14(8-15)4-3-7-26(18)22(29)16-9-17(23)20(28)10-19(16)27/h5-6,8-11,27-28H,3-4,7H2,1-2H3. The highest BCUT2D eigenvalue weighted by Crippen LogP contribution is 2.35. The maximum Gasteiger partial charge on any atom is 0.262 e. The van der Waals surface area contributed by atoms with E-state index < -0.39 is 23.2 Å². The summed E-state index contributed by atoms with van der Waals surface area (Å²) in [5.41, 5.74) is 4.28. The lowest BCUT2D eigenvalue weighted by Crippen LogP contribution is -2.35. The second-order valence-electron chi connectivity index (χ2n) is 7.17. The number of amides is 1. The molecule has 6 nitrogen and oxygen atoms in total. The number of aromatic hydroxyl groups is 2. The van der Waals surface area contributed by atoms with Gasteiger partial charge in [-0.15, -0.1) is 0 Å². The molecular weight excluding hydrogens is 373 g/mol. The van der Waals surface area contributed by atoms with Gasteiger partial charge in [0.2, 0.25) is 0 Å². The van der Waals surface area contributed by atoms with Crippen LogP contribution >= 0.6 is 0 Å². The number of benzene rings is 2. The summed E-state index contributed by atoms with van der Waals surface area (Å²) in [5.74, 6) is -1.93. The minimum atomic E-state index is -0.951. The molecule has 3 aromatic rings. The molecule has 0 fully saturated rings. The quantitative estimate of drug-likeness (QED) is 0.690. The van der Waals surface area contributed by atoms with Gasteiger partial charge in [0.15, 0.2) is 11.6 Å². The van der Waals surface area contributed by atoms with E-state index in [0.29, 0.717) is 12.4 Å². The number of aryl methyl sites for hydroxylation is 3. The zero-order valence-corrected chi connectivity index (χ0v) is 16.1. The molecule has 1 amide bonds. The Kier molecular flexibility index (Phi) is 4.66. The van der Waals surface area contributed by atoms with Crippen molar-refractivity contribution >= 4 is 11.6 Å². The van der Waals surface area contributed by atoms with E-state index in [1.165, 1.54) is 4.90 Å². The van der Waals surface area contributed by atoms with Crippen molar-refractivity contribution in [1.29, 1.82) is 0 Å². The summed E-state index contributed by atoms with van der Waals surface area (Å²) in [5, 5.41) is 19.4. The van der Waals surface area contributed by atoms with E-state index in [9.17, 15) is 19.4 Å². The molecule has 7 heteroatoms. The molecule has 2 N–H and O–H groups in total. The molecule has 0 atom stereocenters. The molecule has 4 rings (SSSR count). The molecule has 0 radical (unpaired) electrons. The van der Waals surface area contributed by atoms with Gasteiger partial charge in [-0.05, 0) is 56.0 Å². The van der Waals surface area contributed by atoms with E-state index >= 15 is 0 Å². The zero-order chi connectivity index (χ0) is 20.7. The van der Waals surface area contributed by atoms with Crippen LogP contribution in [0.3, 0.4) is 0 Å². The highest BCUT2D eigenvalue weighted by atomic mass is 19.1. The van der Waals surface area contributed by atoms with Crippen LogP contribution in [-0.2, 0) is 6.42 Å². The van der Waals surface area contributed by atoms with Gasteiger partial charge in [0, 0.05) is 30.1 Å². The van der Waals surface area contributed by atoms with Crippen LogP contribution in [0.4, 0.5) is 10.1 Å². The molecule has 0 saturated carbocycles. The number of hydrogen-bond acceptors (Lipinski definition) is 5. The van der Waals surface area contributed by atoms with Gasteiger partial charge in [0.1, 0.15) is 11.6 Å². The maximum absolute atomic E-state index is 13.7. The van der Waals surface area contributed by atoms with Gasteiger partial charge in [-0.25, -0.2) is 14.4 Å². The van der Waals surface area contributed by atoms with Crippen molar-refractivity contribution in [1.82, 2.24) is 9.97 Å². The highest BCUT2D eigenvalue weighted by molar-refractivity contribution is 6.08. The van der Waals surface area contributed by atoms with Crippen molar-refractivity contribution in [3.05, 3.63) is 64.9 Å². The summed E-state index contributed by atoms with van der Waals surface area (Å²) in [6.45, 7) is 4.25. The summed E-state index contributed by atoms with van der Waals surface area (Å²) in [6.07, 6.45) is 3.33. The third kappa shape index (κ3) is 3.40. The van der Waals surface area contributed by atoms with Crippen LogP contribution in [0, 0.1) is 19.7 Å². The van der Waals surface area contributed by atoms with Crippen LogP contribution in [0.15, 0.2) is 36.5 Å². The number of fused-ring (bicyclic) bond motifs is 1. The molecule has 0 saturated heterocycles. The van der Waals surface area contributed by atoms with E-state index in [1.54, 1.807) is 6.20 Å². The van der Waals surface area contributed by atoms with Crippen molar-refractivity contribution in [3.63, 3.8) is 0 Å². The predicted octanol–water partition coefficient (Wildman–Crippen LogP) is 3.90. The topological polar surface area (TPSA) is 86.6 Å². The van der Waals surface area contributed by atoms with Crippen molar-refractivity contribution in [3.8, 4) is 22.8 Å². The number of carbonyl (C=O) groups excluding carboxylic acids is 1. The van der Waals surface area contributed by atoms with Crippen molar-refractivity contribution in [2.24, 2.45) is 0 Å². The number of anilines is 1. The summed E-state index contributed by atoms with van der Waals surface area (Å²) in [4.78, 5) is 23.3. The fraction of sp³-hybridized carbons (Fsp3) is 0.227. The van der Waals surface area contributed by atoms with Crippen LogP contribution in [0.2, 0.25) is 0 Å². The molecule has 1 aliphatic heterocycles. The lowest BCUT2D eigenvalue weighted by Gasteiger charge is -2.30. The maximum atomic E-state index is 13.7. The average molecular weight is 393 g/mol. The SMILES string of the molecule is Cc1ncc(C)c(-c2ccc3c(c2)CCCN3C(=O)c2cc(F)c(O)cc2O)n1. The van der Waals surface area contributed by atoms with Gasteiger partial charge in [0.05, 0.1) is 11.3 Å². The Bertz CT molecular complexity index is 1130. The Balaban J connectivity index is 1.73. The molecule has 1 aromatic heterocycles. The van der Waals surface area contributed by atoms with E-state index in [0.717, 1.165) is 53.0 Å². The first-order chi connectivity index (χ1) is 13.8. The predicted molar refractivity (Wildman–Crippen MR) is 107 cm³/mol. The van der Waals surface area contributed by atoms with E-state index in [2.05, 4.69) is 9.97 Å². The minimum absolute atomic E-state index is 0.181. The first-order valence-corrected chi connectivity index (χ1v) is 9.32. The van der Waals surface area contributed by atoms with E-state index in [1.807, 2.05) is 32.0 Å². The molecular formula is C22H20FN3O3. The van der Waals surface area contributed by atoms with Crippen molar-refractivity contribution < 1.29 is 19.4 Å². The van der Waals surface area contributed by atoms with E-state index in [4.69, 9.17) is 0 Å². The summed E-state index contributed by atoms with van der Waals surface area (Å²) in [6, 6.07) is 7.48. The Labute approximate surface area is 167 Å². The van der Waals surface area contributed by atoms with Gasteiger partial charge in [-0.2, -0.15) is 0 Å². The second-order valence-corrected chi connectivity index (χ2v) is 7.17. The van der Waals surface area contributed by atoms with Gasteiger partial charge in [0.25, 0.3) is 5.91 Å². The first kappa shape index (κ1) is 18.9. The molecule has 0 spiro atoms. The van der Waals surface area contributed by atoms with Gasteiger partial charge >= 0.3 is 0 Å². The number of carbonyl (C=O) groups is 1. The van der Waals surface area contributed by atoms with Crippen LogP contribution in [0.1, 0.15) is 33.7 Å². The van der Waals surface area contributed by atoms with Gasteiger partial charge in [-0.1, -0.05) is 6.07 Å². The van der Waals surface area contributed by atoms with Crippen molar-refractivity contribution in [2.75, 3.05) is 11.4 Å². The molecule has 0 bridgehead atoms. The Morgan fingerprint density at radius 3 is 2.72 bits per heavy atom. The van der Waals surface area contributed by atoms with Gasteiger partial charge in [-0.3, -0.25) is 4.79 Å². The molecule has 148 valence electrons. The van der Waals surface area contributed by atoms with Crippen LogP contribution < -0.4 is 4.90 Å². The molecule has 0 unspecified atom stereocenters. The Morgan fingerprint density at radius 1 is 1.14 bits per heavy atom. The summed E-state index contributed by atoms with van der Waals surface area (Å²) >= 11 is 0. The first-order valence-electron chi connectivity index (χ1n) is 9.32. The fourth-order valence-corrected chi connectivity index (χ4v) is 3.65. The number of phenolic OH excluding ortho intramolecular Hbond substituents is 2. The molecule has 1 aliphatic rings. The number of rotatable bonds is 2. The van der Waals surface area contributed by atoms with E-state index in [-0.39, 0.29) is 5.56 Å². The third-order valence-corrected chi connectivity index (χ3v) is 5.10. The zero-order valence-electron chi connectivity index (χ0n) is 16.1. The van der Waals surface area contributed by atoms with Crippen LogP contribution in [0.5, 0.6) is 11.5 Å². The number of phenols is 2. The summed E-state index contributed by atoms with van der Waals surface area (Å²) < 4.78 is 13.7. The normalized spacial score (nSPS) is 13.3. The molecule has 2 heterocycles. The lowest BCUT2D eigenvalue weighted by atomic mass is 9.96. The Morgan fingerprint density at radius 2 is 1.93 bits per heavy atom. The second kappa shape index (κ2) is 7.16. The minimum Gasteiger partial charge on any atom is -0.507 e. The van der Waals surface area contributed by atoms with Crippen molar-refractivity contribution in [2.45, 2.75) is 26.7 Å². The molecule has 0 aliphatic carbocycles. The van der Waals surface area contributed by atoms with Gasteiger partial charge < -0.3 is 15.1 Å².